The normalized spacial score (nSPS) is 14.7. The SMILES string of the molecule is O=C(Cn1cc(-c2cnc(NC3Cc4ccccc4C3)nc2)c(-c2ccccn2)n1)N1CCc2[nH]nnc2C1. The Labute approximate surface area is 224 Å². The molecule has 0 bridgehead atoms. The van der Waals surface area contributed by atoms with Gasteiger partial charge in [-0.25, -0.2) is 9.97 Å². The maximum absolute atomic E-state index is 13.1. The van der Waals surface area contributed by atoms with Crippen molar-refractivity contribution in [2.24, 2.45) is 0 Å². The van der Waals surface area contributed by atoms with Crippen LogP contribution < -0.4 is 5.32 Å². The molecule has 39 heavy (non-hydrogen) atoms. The number of aromatic amines is 1. The van der Waals surface area contributed by atoms with Crippen molar-refractivity contribution in [2.45, 2.75) is 38.4 Å². The molecular weight excluding hydrogens is 492 g/mol. The number of carbonyl (C=O) groups is 1. The Morgan fingerprint density at radius 1 is 1.03 bits per heavy atom. The molecule has 2 aliphatic rings. The Kier molecular flexibility index (Phi) is 5.80. The van der Waals surface area contributed by atoms with Gasteiger partial charge in [-0.05, 0) is 36.1 Å². The van der Waals surface area contributed by atoms with Gasteiger partial charge in [-0.3, -0.25) is 19.6 Å². The average molecular weight is 519 g/mol. The van der Waals surface area contributed by atoms with Crippen molar-refractivity contribution in [1.82, 2.24) is 45.0 Å². The highest BCUT2D eigenvalue weighted by Gasteiger charge is 2.25. The van der Waals surface area contributed by atoms with E-state index >= 15 is 0 Å². The van der Waals surface area contributed by atoms with Crippen LogP contribution in [0.3, 0.4) is 0 Å². The minimum absolute atomic E-state index is 0.0290. The molecule has 1 amide bonds. The molecule has 7 rings (SSSR count). The predicted octanol–water partition coefficient (Wildman–Crippen LogP) is 2.68. The van der Waals surface area contributed by atoms with Gasteiger partial charge >= 0.3 is 0 Å². The van der Waals surface area contributed by atoms with Crippen LogP contribution in [0.25, 0.3) is 22.5 Å². The summed E-state index contributed by atoms with van der Waals surface area (Å²) in [6, 6.07) is 14.5. The minimum Gasteiger partial charge on any atom is -0.351 e. The summed E-state index contributed by atoms with van der Waals surface area (Å²) < 4.78 is 1.67. The maximum atomic E-state index is 13.1. The first-order chi connectivity index (χ1) is 19.2. The molecule has 0 unspecified atom stereocenters. The van der Waals surface area contributed by atoms with Crippen molar-refractivity contribution in [2.75, 3.05) is 11.9 Å². The highest BCUT2D eigenvalue weighted by molar-refractivity contribution is 5.80. The average Bonchev–Trinajstić information content (AvgIpc) is 3.71. The fraction of sp³-hybridized carbons (Fsp3) is 0.250. The number of benzene rings is 1. The molecule has 11 nitrogen and oxygen atoms in total. The zero-order valence-electron chi connectivity index (χ0n) is 21.2. The highest BCUT2D eigenvalue weighted by Crippen LogP contribution is 2.30. The Morgan fingerprint density at radius 3 is 2.59 bits per heavy atom. The summed E-state index contributed by atoms with van der Waals surface area (Å²) in [6.45, 7) is 1.17. The van der Waals surface area contributed by atoms with E-state index in [-0.39, 0.29) is 18.5 Å². The van der Waals surface area contributed by atoms with E-state index < -0.39 is 0 Å². The Hall–Kier alpha value is -4.93. The lowest BCUT2D eigenvalue weighted by molar-refractivity contribution is -0.133. The first-order valence-electron chi connectivity index (χ1n) is 13.0. The first-order valence-corrected chi connectivity index (χ1v) is 13.0. The van der Waals surface area contributed by atoms with Crippen molar-refractivity contribution in [3.8, 4) is 22.5 Å². The molecule has 2 N–H and O–H groups in total. The summed E-state index contributed by atoms with van der Waals surface area (Å²) >= 11 is 0. The summed E-state index contributed by atoms with van der Waals surface area (Å²) in [7, 11) is 0. The van der Waals surface area contributed by atoms with Crippen molar-refractivity contribution < 1.29 is 4.79 Å². The molecule has 11 heteroatoms. The van der Waals surface area contributed by atoms with Crippen LogP contribution in [-0.4, -0.2) is 63.5 Å². The number of hydrogen-bond donors (Lipinski definition) is 2. The number of hydrogen-bond acceptors (Lipinski definition) is 8. The van der Waals surface area contributed by atoms with Crippen molar-refractivity contribution in [3.05, 3.63) is 89.8 Å². The Balaban J connectivity index is 1.11. The number of nitrogens with one attached hydrogen (secondary N) is 2. The fourth-order valence-corrected chi connectivity index (χ4v) is 5.35. The highest BCUT2D eigenvalue weighted by atomic mass is 16.2. The quantitative estimate of drug-likeness (QED) is 0.351. The van der Waals surface area contributed by atoms with Crippen LogP contribution in [0.5, 0.6) is 0 Å². The number of H-pyrrole nitrogens is 1. The van der Waals surface area contributed by atoms with Gasteiger partial charge in [-0.2, -0.15) is 5.10 Å². The summed E-state index contributed by atoms with van der Waals surface area (Å²) in [5, 5.41) is 19.1. The molecule has 0 spiro atoms. The standard InChI is InChI=1S/C28H26N10O/c39-26(37-10-8-23-25(16-37)34-36-33-23)17-38-15-22(27(35-38)24-7-3-4-9-29-24)20-13-30-28(31-14-20)32-21-11-18-5-1-2-6-19(18)12-21/h1-7,9,13-15,21H,8,10-12,16-17H2,(H,30,31,32)(H,33,34,36). The second-order valence-electron chi connectivity index (χ2n) is 9.92. The second kappa shape index (κ2) is 9.75. The molecule has 0 saturated carbocycles. The molecule has 1 aliphatic carbocycles. The maximum Gasteiger partial charge on any atom is 0.244 e. The fourth-order valence-electron chi connectivity index (χ4n) is 5.35. The first kappa shape index (κ1) is 23.2. The third-order valence-electron chi connectivity index (χ3n) is 7.34. The number of anilines is 1. The van der Waals surface area contributed by atoms with Crippen molar-refractivity contribution in [3.63, 3.8) is 0 Å². The Bertz CT molecular complexity index is 1600. The molecule has 194 valence electrons. The monoisotopic (exact) mass is 518 g/mol. The van der Waals surface area contributed by atoms with Crippen LogP contribution in [0.2, 0.25) is 0 Å². The van der Waals surface area contributed by atoms with E-state index in [0.717, 1.165) is 41.1 Å². The van der Waals surface area contributed by atoms with E-state index in [2.05, 4.69) is 59.9 Å². The lowest BCUT2D eigenvalue weighted by atomic mass is 10.1. The largest absolute Gasteiger partial charge is 0.351 e. The van der Waals surface area contributed by atoms with E-state index in [0.29, 0.717) is 31.2 Å². The number of fused-ring (bicyclic) bond motifs is 2. The van der Waals surface area contributed by atoms with Gasteiger partial charge in [0.25, 0.3) is 0 Å². The van der Waals surface area contributed by atoms with Gasteiger partial charge in [-0.15, -0.1) is 5.10 Å². The molecule has 0 radical (unpaired) electrons. The van der Waals surface area contributed by atoms with Gasteiger partial charge in [-0.1, -0.05) is 35.5 Å². The van der Waals surface area contributed by atoms with E-state index in [1.165, 1.54) is 11.1 Å². The minimum atomic E-state index is -0.0290. The van der Waals surface area contributed by atoms with Gasteiger partial charge in [0.05, 0.1) is 17.9 Å². The molecule has 0 atom stereocenters. The number of amides is 1. The summed E-state index contributed by atoms with van der Waals surface area (Å²) in [6.07, 6.45) is 9.82. The zero-order chi connectivity index (χ0) is 26.2. The zero-order valence-corrected chi connectivity index (χ0v) is 21.2. The molecule has 1 aromatic carbocycles. The van der Waals surface area contributed by atoms with Gasteiger partial charge in [0.1, 0.15) is 17.9 Å². The van der Waals surface area contributed by atoms with Crippen LogP contribution in [0, 0.1) is 0 Å². The van der Waals surface area contributed by atoms with Gasteiger partial charge in [0.2, 0.25) is 11.9 Å². The molecule has 5 aromatic rings. The van der Waals surface area contributed by atoms with Gasteiger partial charge in [0, 0.05) is 54.9 Å². The van der Waals surface area contributed by atoms with Crippen LogP contribution >= 0.6 is 0 Å². The van der Waals surface area contributed by atoms with Crippen LogP contribution in [0.1, 0.15) is 22.5 Å². The van der Waals surface area contributed by atoms with E-state index in [1.54, 1.807) is 28.2 Å². The topological polar surface area (TPSA) is 130 Å². The predicted molar refractivity (Wildman–Crippen MR) is 143 cm³/mol. The van der Waals surface area contributed by atoms with E-state index in [1.807, 2.05) is 24.4 Å². The van der Waals surface area contributed by atoms with Crippen LogP contribution in [0.4, 0.5) is 5.95 Å². The summed E-state index contributed by atoms with van der Waals surface area (Å²) in [5.74, 6) is 0.564. The van der Waals surface area contributed by atoms with Gasteiger partial charge < -0.3 is 10.2 Å². The third-order valence-corrected chi connectivity index (χ3v) is 7.34. The van der Waals surface area contributed by atoms with Crippen LogP contribution in [0.15, 0.2) is 67.3 Å². The number of rotatable bonds is 6. The molecule has 0 fully saturated rings. The second-order valence-corrected chi connectivity index (χ2v) is 9.92. The van der Waals surface area contributed by atoms with E-state index in [9.17, 15) is 4.79 Å². The Morgan fingerprint density at radius 2 is 1.82 bits per heavy atom. The van der Waals surface area contributed by atoms with Crippen molar-refractivity contribution in [1.29, 1.82) is 0 Å². The van der Waals surface area contributed by atoms with Crippen molar-refractivity contribution >= 4 is 11.9 Å². The summed E-state index contributed by atoms with van der Waals surface area (Å²) in [5.41, 5.74) is 7.58. The molecule has 5 heterocycles. The molecule has 4 aromatic heterocycles. The van der Waals surface area contributed by atoms with Crippen LogP contribution in [-0.2, 0) is 37.1 Å². The number of aromatic nitrogens is 8. The number of pyridine rings is 1. The van der Waals surface area contributed by atoms with E-state index in [4.69, 9.17) is 5.10 Å². The van der Waals surface area contributed by atoms with Gasteiger partial charge in [0.15, 0.2) is 0 Å². The smallest absolute Gasteiger partial charge is 0.244 e. The molecule has 1 aliphatic heterocycles. The number of nitrogens with zero attached hydrogens (tertiary/aromatic N) is 8. The lowest BCUT2D eigenvalue weighted by Crippen LogP contribution is -2.38. The summed E-state index contributed by atoms with van der Waals surface area (Å²) in [4.78, 5) is 28.6. The number of carbonyl (C=O) groups excluding carboxylic acids is 1. The third kappa shape index (κ3) is 4.63. The molecule has 0 saturated heterocycles. The molecular formula is C28H26N10O. The lowest BCUT2D eigenvalue weighted by Gasteiger charge is -2.25.